The molecule has 5 nitrogen and oxygen atoms in total. The molecule has 0 aliphatic heterocycles. The van der Waals surface area contributed by atoms with Gasteiger partial charge >= 0.3 is 0 Å². The molecule has 158 valence electrons. The molecule has 3 aromatic carbocycles. The number of halogens is 2. The maximum atomic E-state index is 13.6. The molecule has 0 saturated heterocycles. The van der Waals surface area contributed by atoms with Gasteiger partial charge in [-0.3, -0.25) is 4.31 Å². The highest BCUT2D eigenvalue weighted by atomic mass is 35.5. The minimum absolute atomic E-state index is 0.00689. The molecule has 30 heavy (non-hydrogen) atoms. The molecule has 0 radical (unpaired) electrons. The molecule has 0 spiro atoms. The topological polar surface area (TPSA) is 55.8 Å². The van der Waals surface area contributed by atoms with E-state index in [1.807, 2.05) is 0 Å². The minimum Gasteiger partial charge on any atom is -0.497 e. The van der Waals surface area contributed by atoms with Crippen LogP contribution in [-0.2, 0) is 16.6 Å². The van der Waals surface area contributed by atoms with Gasteiger partial charge in [0.2, 0.25) is 0 Å². The average molecular weight is 450 g/mol. The van der Waals surface area contributed by atoms with E-state index in [0.29, 0.717) is 33.3 Å². The number of benzene rings is 3. The Morgan fingerprint density at radius 3 is 2.20 bits per heavy atom. The van der Waals surface area contributed by atoms with Crippen molar-refractivity contribution >= 4 is 27.3 Å². The summed E-state index contributed by atoms with van der Waals surface area (Å²) < 4.78 is 52.6. The SMILES string of the molecule is COc1cc(CN(c2cccc(Cl)c2)S(=O)(=O)c2ccc(F)cc2C)cc(OC)c1. The third-order valence-corrected chi connectivity index (χ3v) is 6.71. The van der Waals surface area contributed by atoms with Crippen LogP contribution in [0.15, 0.2) is 65.6 Å². The van der Waals surface area contributed by atoms with Gasteiger partial charge in [-0.05, 0) is 66.6 Å². The van der Waals surface area contributed by atoms with Crippen molar-refractivity contribution in [2.75, 3.05) is 18.5 Å². The highest BCUT2D eigenvalue weighted by Crippen LogP contribution is 2.31. The van der Waals surface area contributed by atoms with Gasteiger partial charge in [0.25, 0.3) is 10.0 Å². The zero-order valence-corrected chi connectivity index (χ0v) is 18.3. The fourth-order valence-electron chi connectivity index (χ4n) is 3.09. The van der Waals surface area contributed by atoms with Crippen LogP contribution in [0.4, 0.5) is 10.1 Å². The Hall–Kier alpha value is -2.77. The molecule has 3 aromatic rings. The highest BCUT2D eigenvalue weighted by Gasteiger charge is 2.27. The summed E-state index contributed by atoms with van der Waals surface area (Å²) in [6.45, 7) is 1.55. The molecule has 0 aromatic heterocycles. The fraction of sp³-hybridized carbons (Fsp3) is 0.182. The zero-order valence-electron chi connectivity index (χ0n) is 16.7. The van der Waals surface area contributed by atoms with Crippen molar-refractivity contribution in [3.05, 3.63) is 82.6 Å². The predicted molar refractivity (Wildman–Crippen MR) is 116 cm³/mol. The van der Waals surface area contributed by atoms with Gasteiger partial charge in [0.1, 0.15) is 17.3 Å². The maximum absolute atomic E-state index is 13.6. The summed E-state index contributed by atoms with van der Waals surface area (Å²) in [5.74, 6) is 0.565. The number of hydrogen-bond donors (Lipinski definition) is 0. The van der Waals surface area contributed by atoms with Crippen LogP contribution in [0.5, 0.6) is 11.5 Å². The third-order valence-electron chi connectivity index (χ3n) is 4.54. The number of nitrogens with zero attached hydrogens (tertiary/aromatic N) is 1. The summed E-state index contributed by atoms with van der Waals surface area (Å²) in [6.07, 6.45) is 0. The first-order chi connectivity index (χ1) is 14.2. The van der Waals surface area contributed by atoms with Gasteiger partial charge in [0.15, 0.2) is 0 Å². The average Bonchev–Trinajstić information content (AvgIpc) is 2.71. The van der Waals surface area contributed by atoms with Gasteiger partial charge in [-0.25, -0.2) is 12.8 Å². The number of methoxy groups -OCH3 is 2. The summed E-state index contributed by atoms with van der Waals surface area (Å²) in [5.41, 5.74) is 1.34. The fourth-order valence-corrected chi connectivity index (χ4v) is 4.93. The van der Waals surface area contributed by atoms with Crippen LogP contribution in [0.1, 0.15) is 11.1 Å². The molecule has 0 bridgehead atoms. The third kappa shape index (κ3) is 4.68. The van der Waals surface area contributed by atoms with Crippen LogP contribution in [-0.4, -0.2) is 22.6 Å². The van der Waals surface area contributed by atoms with Gasteiger partial charge in [0.05, 0.1) is 31.3 Å². The molecule has 0 aliphatic rings. The summed E-state index contributed by atoms with van der Waals surface area (Å²) in [6, 6.07) is 15.3. The highest BCUT2D eigenvalue weighted by molar-refractivity contribution is 7.92. The standard InChI is InChI=1S/C22H21ClFNO4S/c1-15-9-18(24)7-8-22(15)30(26,27)25(19-6-4-5-17(23)12-19)14-16-10-20(28-2)13-21(11-16)29-3/h4-13H,14H2,1-3H3. The number of hydrogen-bond acceptors (Lipinski definition) is 4. The number of sulfonamides is 1. The monoisotopic (exact) mass is 449 g/mol. The van der Waals surface area contributed by atoms with Gasteiger partial charge in [0, 0.05) is 11.1 Å². The number of ether oxygens (including phenoxy) is 2. The number of anilines is 1. The normalized spacial score (nSPS) is 11.2. The van der Waals surface area contributed by atoms with Crippen LogP contribution in [0.3, 0.4) is 0 Å². The summed E-state index contributed by atoms with van der Waals surface area (Å²) >= 11 is 6.12. The second-order valence-corrected chi connectivity index (χ2v) is 8.89. The molecule has 0 amide bonds. The molecular formula is C22H21ClFNO4S. The lowest BCUT2D eigenvalue weighted by Crippen LogP contribution is -2.31. The largest absolute Gasteiger partial charge is 0.497 e. The van der Waals surface area contributed by atoms with Crippen molar-refractivity contribution in [3.63, 3.8) is 0 Å². The van der Waals surface area contributed by atoms with E-state index in [9.17, 15) is 12.8 Å². The lowest BCUT2D eigenvalue weighted by Gasteiger charge is -2.26. The first kappa shape index (κ1) is 21.9. The van der Waals surface area contributed by atoms with Crippen molar-refractivity contribution < 1.29 is 22.3 Å². The van der Waals surface area contributed by atoms with Crippen molar-refractivity contribution in [1.29, 1.82) is 0 Å². The van der Waals surface area contributed by atoms with Crippen LogP contribution >= 0.6 is 11.6 Å². The quantitative estimate of drug-likeness (QED) is 0.497. The Bertz CT molecular complexity index is 1150. The summed E-state index contributed by atoms with van der Waals surface area (Å²) in [4.78, 5) is 0.0127. The molecule has 0 saturated carbocycles. The van der Waals surface area contributed by atoms with Crippen LogP contribution in [0.2, 0.25) is 5.02 Å². The summed E-state index contributed by atoms with van der Waals surface area (Å²) in [7, 11) is -0.990. The number of rotatable bonds is 7. The van der Waals surface area contributed by atoms with E-state index in [1.54, 1.807) is 49.4 Å². The lowest BCUT2D eigenvalue weighted by molar-refractivity contribution is 0.393. The molecule has 0 fully saturated rings. The van der Waals surface area contributed by atoms with Crippen LogP contribution < -0.4 is 13.8 Å². The summed E-state index contributed by atoms with van der Waals surface area (Å²) in [5, 5.41) is 0.395. The first-order valence-corrected chi connectivity index (χ1v) is 10.8. The minimum atomic E-state index is -4.03. The molecule has 0 unspecified atom stereocenters. The van der Waals surface area contributed by atoms with Crippen LogP contribution in [0.25, 0.3) is 0 Å². The predicted octanol–water partition coefficient (Wildman–Crippen LogP) is 5.20. The van der Waals surface area contributed by atoms with E-state index >= 15 is 0 Å². The van der Waals surface area contributed by atoms with Gasteiger partial charge < -0.3 is 9.47 Å². The molecule has 0 heterocycles. The van der Waals surface area contributed by atoms with Crippen molar-refractivity contribution in [1.82, 2.24) is 0 Å². The van der Waals surface area contributed by atoms with Crippen molar-refractivity contribution in [3.8, 4) is 11.5 Å². The Balaban J connectivity index is 2.14. The van der Waals surface area contributed by atoms with E-state index in [2.05, 4.69) is 0 Å². The second-order valence-electron chi connectivity index (χ2n) is 6.62. The van der Waals surface area contributed by atoms with E-state index in [1.165, 1.54) is 30.7 Å². The van der Waals surface area contributed by atoms with E-state index < -0.39 is 15.8 Å². The van der Waals surface area contributed by atoms with Crippen molar-refractivity contribution in [2.24, 2.45) is 0 Å². The Morgan fingerprint density at radius 2 is 1.63 bits per heavy atom. The molecule has 8 heteroatoms. The van der Waals surface area contributed by atoms with Gasteiger partial charge in [-0.2, -0.15) is 0 Å². The zero-order chi connectivity index (χ0) is 21.9. The smallest absolute Gasteiger partial charge is 0.264 e. The van der Waals surface area contributed by atoms with E-state index in [0.717, 1.165) is 6.07 Å². The van der Waals surface area contributed by atoms with Crippen LogP contribution in [0, 0.1) is 12.7 Å². The Kier molecular flexibility index (Phi) is 6.53. The molecule has 0 N–H and O–H groups in total. The van der Waals surface area contributed by atoms with Gasteiger partial charge in [-0.1, -0.05) is 17.7 Å². The maximum Gasteiger partial charge on any atom is 0.264 e. The molecular weight excluding hydrogens is 429 g/mol. The Morgan fingerprint density at radius 1 is 0.967 bits per heavy atom. The lowest BCUT2D eigenvalue weighted by atomic mass is 10.2. The first-order valence-electron chi connectivity index (χ1n) is 9.01. The number of aryl methyl sites for hydroxylation is 1. The van der Waals surface area contributed by atoms with E-state index in [4.69, 9.17) is 21.1 Å². The molecule has 3 rings (SSSR count). The second kappa shape index (κ2) is 8.93. The van der Waals surface area contributed by atoms with Gasteiger partial charge in [-0.15, -0.1) is 0 Å². The van der Waals surface area contributed by atoms with Crippen molar-refractivity contribution in [2.45, 2.75) is 18.4 Å². The van der Waals surface area contributed by atoms with E-state index in [-0.39, 0.29) is 11.4 Å². The molecule has 0 aliphatic carbocycles. The Labute approximate surface area is 180 Å². The molecule has 0 atom stereocenters.